The van der Waals surface area contributed by atoms with Gasteiger partial charge in [-0.05, 0) is 56.2 Å². The fourth-order valence-electron chi connectivity index (χ4n) is 4.19. The molecular weight excluding hydrogens is 451 g/mol. The van der Waals surface area contributed by atoms with Crippen molar-refractivity contribution in [2.75, 3.05) is 26.2 Å². The van der Waals surface area contributed by atoms with Crippen LogP contribution in [0.1, 0.15) is 55.5 Å². The Hall–Kier alpha value is -1.31. The molecule has 1 heterocycles. The van der Waals surface area contributed by atoms with Gasteiger partial charge in [0.2, 0.25) is 0 Å². The summed E-state index contributed by atoms with van der Waals surface area (Å²) < 4.78 is 0. The molecule has 3 rings (SSSR count). The Balaban J connectivity index is 0.00000261. The van der Waals surface area contributed by atoms with Gasteiger partial charge in [-0.3, -0.25) is 4.79 Å². The van der Waals surface area contributed by atoms with Crippen LogP contribution in [0.5, 0.6) is 0 Å². The molecule has 1 aliphatic heterocycles. The fraction of sp³-hybridized carbons (Fsp3) is 0.619. The van der Waals surface area contributed by atoms with Gasteiger partial charge in [0, 0.05) is 31.7 Å². The summed E-state index contributed by atoms with van der Waals surface area (Å²) >= 11 is 0. The molecule has 2 aliphatic rings. The zero-order valence-corrected chi connectivity index (χ0v) is 18.9. The second-order valence-corrected chi connectivity index (χ2v) is 7.44. The van der Waals surface area contributed by atoms with Crippen LogP contribution in [0.3, 0.4) is 0 Å². The van der Waals surface area contributed by atoms with E-state index in [2.05, 4.69) is 22.5 Å². The second-order valence-electron chi connectivity index (χ2n) is 7.44. The summed E-state index contributed by atoms with van der Waals surface area (Å²) in [6, 6.07) is 7.77. The van der Waals surface area contributed by atoms with Gasteiger partial charge in [-0.25, -0.2) is 4.99 Å². The molecule has 1 saturated heterocycles. The molecule has 6 heteroatoms. The van der Waals surface area contributed by atoms with E-state index in [1.165, 1.54) is 25.7 Å². The van der Waals surface area contributed by atoms with E-state index < -0.39 is 0 Å². The van der Waals surface area contributed by atoms with E-state index in [-0.39, 0.29) is 29.9 Å². The summed E-state index contributed by atoms with van der Waals surface area (Å²) in [5.74, 6) is 2.72. The first-order chi connectivity index (χ1) is 12.7. The Labute approximate surface area is 180 Å². The second kappa shape index (κ2) is 10.9. The molecule has 2 unspecified atom stereocenters. The van der Waals surface area contributed by atoms with Crippen molar-refractivity contribution in [2.45, 2.75) is 46.1 Å². The minimum Gasteiger partial charge on any atom is -0.357 e. The highest BCUT2D eigenvalue weighted by molar-refractivity contribution is 14.0. The van der Waals surface area contributed by atoms with Gasteiger partial charge in [-0.2, -0.15) is 0 Å². The van der Waals surface area contributed by atoms with Crippen LogP contribution in [0.15, 0.2) is 29.3 Å². The molecule has 0 radical (unpaired) electrons. The lowest BCUT2D eigenvalue weighted by molar-refractivity contribution is 0.0956. The van der Waals surface area contributed by atoms with Gasteiger partial charge in [-0.15, -0.1) is 24.0 Å². The standard InChI is InChI=1S/C21H32N4O.HI/c1-3-22-20(26)17-11-9-16(10-12-17)13-24-21(23-4-2)25-14-18-7-5-6-8-19(18)15-25;/h9-12,18-19H,3-8,13-15H2,1-2H3,(H,22,26)(H,23,24);1H. The Kier molecular flexibility index (Phi) is 8.86. The lowest BCUT2D eigenvalue weighted by atomic mass is 9.82. The molecule has 150 valence electrons. The monoisotopic (exact) mass is 484 g/mol. The molecule has 2 fully saturated rings. The Bertz CT molecular complexity index is 618. The number of hydrogen-bond acceptors (Lipinski definition) is 2. The first kappa shape index (κ1) is 22.0. The SMILES string of the molecule is CCNC(=O)c1ccc(CN=C(NCC)N2CC3CCCCC3C2)cc1.I. The van der Waals surface area contributed by atoms with Crippen LogP contribution in [-0.4, -0.2) is 42.9 Å². The van der Waals surface area contributed by atoms with Crippen molar-refractivity contribution in [1.82, 2.24) is 15.5 Å². The van der Waals surface area contributed by atoms with Crippen LogP contribution < -0.4 is 10.6 Å². The molecule has 0 aromatic heterocycles. The van der Waals surface area contributed by atoms with Crippen LogP contribution in [0.2, 0.25) is 0 Å². The molecule has 27 heavy (non-hydrogen) atoms. The van der Waals surface area contributed by atoms with Crippen LogP contribution >= 0.6 is 24.0 Å². The number of guanidine groups is 1. The maximum atomic E-state index is 11.8. The van der Waals surface area contributed by atoms with Crippen molar-refractivity contribution >= 4 is 35.8 Å². The van der Waals surface area contributed by atoms with Crippen molar-refractivity contribution in [2.24, 2.45) is 16.8 Å². The molecule has 5 nitrogen and oxygen atoms in total. The Morgan fingerprint density at radius 2 is 1.63 bits per heavy atom. The third-order valence-electron chi connectivity index (χ3n) is 5.58. The summed E-state index contributed by atoms with van der Waals surface area (Å²) in [5.41, 5.74) is 1.83. The van der Waals surface area contributed by atoms with E-state index in [0.29, 0.717) is 18.7 Å². The number of amides is 1. The van der Waals surface area contributed by atoms with Crippen LogP contribution in [0.4, 0.5) is 0 Å². The smallest absolute Gasteiger partial charge is 0.251 e. The highest BCUT2D eigenvalue weighted by Crippen LogP contribution is 2.35. The average Bonchev–Trinajstić information content (AvgIpc) is 3.09. The number of fused-ring (bicyclic) bond motifs is 1. The topological polar surface area (TPSA) is 56.7 Å². The zero-order chi connectivity index (χ0) is 18.4. The number of aliphatic imine (C=N–C) groups is 1. The van der Waals surface area contributed by atoms with Gasteiger partial charge >= 0.3 is 0 Å². The van der Waals surface area contributed by atoms with E-state index in [0.717, 1.165) is 43.0 Å². The van der Waals surface area contributed by atoms with Gasteiger partial charge < -0.3 is 15.5 Å². The molecule has 0 bridgehead atoms. The van der Waals surface area contributed by atoms with E-state index >= 15 is 0 Å². The van der Waals surface area contributed by atoms with Crippen molar-refractivity contribution in [3.05, 3.63) is 35.4 Å². The molecule has 1 aromatic carbocycles. The van der Waals surface area contributed by atoms with Gasteiger partial charge in [-0.1, -0.05) is 25.0 Å². The number of carbonyl (C=O) groups excluding carboxylic acids is 1. The highest BCUT2D eigenvalue weighted by atomic mass is 127. The third-order valence-corrected chi connectivity index (χ3v) is 5.58. The largest absolute Gasteiger partial charge is 0.357 e. The summed E-state index contributed by atoms with van der Waals surface area (Å²) in [6.07, 6.45) is 5.53. The quantitative estimate of drug-likeness (QED) is 0.381. The first-order valence-corrected chi connectivity index (χ1v) is 10.1. The molecule has 1 amide bonds. The fourth-order valence-corrected chi connectivity index (χ4v) is 4.19. The Morgan fingerprint density at radius 1 is 1.04 bits per heavy atom. The molecule has 0 spiro atoms. The van der Waals surface area contributed by atoms with Crippen molar-refractivity contribution in [3.8, 4) is 0 Å². The number of carbonyl (C=O) groups is 1. The number of halogens is 1. The minimum absolute atomic E-state index is 0. The van der Waals surface area contributed by atoms with Gasteiger partial charge in [0.1, 0.15) is 0 Å². The number of nitrogens with one attached hydrogen (secondary N) is 2. The van der Waals surface area contributed by atoms with Crippen LogP contribution in [0, 0.1) is 11.8 Å². The molecule has 2 atom stereocenters. The number of rotatable bonds is 5. The predicted molar refractivity (Wildman–Crippen MR) is 122 cm³/mol. The summed E-state index contributed by atoms with van der Waals surface area (Å²) in [5, 5.41) is 6.29. The maximum Gasteiger partial charge on any atom is 0.251 e. The Morgan fingerprint density at radius 3 is 2.19 bits per heavy atom. The summed E-state index contributed by atoms with van der Waals surface area (Å²) in [6.45, 7) is 8.52. The lowest BCUT2D eigenvalue weighted by Crippen LogP contribution is -2.40. The molecule has 1 aliphatic carbocycles. The lowest BCUT2D eigenvalue weighted by Gasteiger charge is -2.22. The number of hydrogen-bond donors (Lipinski definition) is 2. The third kappa shape index (κ3) is 5.83. The minimum atomic E-state index is -0.0180. The van der Waals surface area contributed by atoms with Gasteiger partial charge in [0.05, 0.1) is 6.54 Å². The van der Waals surface area contributed by atoms with E-state index in [4.69, 9.17) is 4.99 Å². The van der Waals surface area contributed by atoms with Crippen LogP contribution in [-0.2, 0) is 6.54 Å². The van der Waals surface area contributed by atoms with E-state index in [1.807, 2.05) is 31.2 Å². The summed E-state index contributed by atoms with van der Waals surface area (Å²) in [4.78, 5) is 19.2. The normalized spacial score (nSPS) is 22.0. The molecule has 1 aromatic rings. The molecule has 1 saturated carbocycles. The number of likely N-dealkylation sites (tertiary alicyclic amines) is 1. The number of nitrogens with zero attached hydrogens (tertiary/aromatic N) is 2. The van der Waals surface area contributed by atoms with Gasteiger partial charge in [0.25, 0.3) is 5.91 Å². The van der Waals surface area contributed by atoms with Crippen molar-refractivity contribution in [1.29, 1.82) is 0 Å². The predicted octanol–water partition coefficient (Wildman–Crippen LogP) is 3.64. The average molecular weight is 484 g/mol. The van der Waals surface area contributed by atoms with E-state index in [1.54, 1.807) is 0 Å². The maximum absolute atomic E-state index is 11.8. The van der Waals surface area contributed by atoms with E-state index in [9.17, 15) is 4.79 Å². The number of benzene rings is 1. The van der Waals surface area contributed by atoms with Crippen molar-refractivity contribution < 1.29 is 4.79 Å². The first-order valence-electron chi connectivity index (χ1n) is 10.1. The van der Waals surface area contributed by atoms with Crippen LogP contribution in [0.25, 0.3) is 0 Å². The molecular formula is C21H33IN4O. The van der Waals surface area contributed by atoms with Gasteiger partial charge in [0.15, 0.2) is 5.96 Å². The van der Waals surface area contributed by atoms with Crippen molar-refractivity contribution in [3.63, 3.8) is 0 Å². The highest BCUT2D eigenvalue weighted by Gasteiger charge is 2.35. The molecule has 2 N–H and O–H groups in total. The zero-order valence-electron chi connectivity index (χ0n) is 16.5. The summed E-state index contributed by atoms with van der Waals surface area (Å²) in [7, 11) is 0.